The number of piperidine rings is 1. The number of aliphatic carboxylic acids is 1. The Morgan fingerprint density at radius 2 is 2.08 bits per heavy atom. The Morgan fingerprint density at radius 1 is 1.36 bits per heavy atom. The Morgan fingerprint density at radius 3 is 2.64 bits per heavy atom. The van der Waals surface area contributed by atoms with Gasteiger partial charge in [-0.2, -0.15) is 5.10 Å². The highest BCUT2D eigenvalue weighted by molar-refractivity contribution is 5.91. The fraction of sp³-hybridized carbons (Fsp3) is 0.471. The molecule has 8 nitrogen and oxygen atoms in total. The van der Waals surface area contributed by atoms with Crippen LogP contribution in [0.1, 0.15) is 34.7 Å². The topological polar surface area (TPSA) is 97.8 Å². The number of carboxylic acid groups (broad SMARTS) is 1. The number of methoxy groups -OCH3 is 1. The molecule has 2 aromatic heterocycles. The van der Waals surface area contributed by atoms with Crippen molar-refractivity contribution in [2.75, 3.05) is 20.2 Å². The van der Waals surface area contributed by atoms with Gasteiger partial charge in [-0.1, -0.05) is 0 Å². The maximum Gasteiger partial charge on any atom is 0.331 e. The number of amides is 1. The summed E-state index contributed by atoms with van der Waals surface area (Å²) in [5.74, 6) is -0.347. The van der Waals surface area contributed by atoms with Crippen molar-refractivity contribution in [3.05, 3.63) is 41.6 Å². The fourth-order valence-corrected chi connectivity index (χ4v) is 3.14. The van der Waals surface area contributed by atoms with Crippen LogP contribution in [-0.4, -0.2) is 51.9 Å². The molecule has 0 saturated carbocycles. The van der Waals surface area contributed by atoms with Crippen molar-refractivity contribution in [3.8, 4) is 0 Å². The van der Waals surface area contributed by atoms with Gasteiger partial charge in [-0.25, -0.2) is 4.79 Å². The first-order chi connectivity index (χ1) is 12.0. The molecule has 134 valence electrons. The van der Waals surface area contributed by atoms with Crippen LogP contribution in [-0.2, 0) is 21.7 Å². The highest BCUT2D eigenvalue weighted by Crippen LogP contribution is 2.31. The van der Waals surface area contributed by atoms with Crippen LogP contribution < -0.4 is 0 Å². The zero-order chi connectivity index (χ0) is 18.0. The minimum atomic E-state index is -1.12. The van der Waals surface area contributed by atoms with Crippen molar-refractivity contribution in [2.24, 2.45) is 0 Å². The van der Waals surface area contributed by atoms with E-state index in [1.165, 1.54) is 4.68 Å². The largest absolute Gasteiger partial charge is 0.479 e. The standard InChI is InChI=1S/C17H21N3O5/c1-12-9-18-20(10-12)17(16(22)23)5-7-19(8-6-17)15(21)14-4-3-13(25-14)11-24-2/h3-4,9-10H,5-8,11H2,1-2H3,(H,22,23). The summed E-state index contributed by atoms with van der Waals surface area (Å²) in [6.07, 6.45) is 3.96. The second-order valence-electron chi connectivity index (χ2n) is 6.29. The Bertz CT molecular complexity index is 771. The lowest BCUT2D eigenvalue weighted by Crippen LogP contribution is -2.52. The number of rotatable bonds is 5. The molecule has 1 fully saturated rings. The number of aromatic nitrogens is 2. The summed E-state index contributed by atoms with van der Waals surface area (Å²) in [5.41, 5.74) is -0.213. The number of aryl methyl sites for hydroxylation is 1. The number of hydrogen-bond donors (Lipinski definition) is 1. The Hall–Kier alpha value is -2.61. The van der Waals surface area contributed by atoms with Gasteiger partial charge in [0.05, 0.1) is 6.20 Å². The van der Waals surface area contributed by atoms with Gasteiger partial charge >= 0.3 is 5.97 Å². The van der Waals surface area contributed by atoms with Gasteiger partial charge in [-0.05, 0) is 24.6 Å². The molecule has 0 aliphatic carbocycles. The van der Waals surface area contributed by atoms with Gasteiger partial charge in [-0.15, -0.1) is 0 Å². The lowest BCUT2D eigenvalue weighted by molar-refractivity contribution is -0.150. The molecule has 0 atom stereocenters. The summed E-state index contributed by atoms with van der Waals surface area (Å²) in [5, 5.41) is 13.9. The first kappa shape index (κ1) is 17.2. The summed E-state index contributed by atoms with van der Waals surface area (Å²) in [6, 6.07) is 3.32. The van der Waals surface area contributed by atoms with E-state index < -0.39 is 11.5 Å². The average molecular weight is 347 g/mol. The van der Waals surface area contributed by atoms with Gasteiger partial charge in [0, 0.05) is 39.2 Å². The van der Waals surface area contributed by atoms with E-state index in [0.29, 0.717) is 38.3 Å². The van der Waals surface area contributed by atoms with Crippen LogP contribution in [0, 0.1) is 6.92 Å². The molecule has 2 aromatic rings. The molecular formula is C17H21N3O5. The summed E-state index contributed by atoms with van der Waals surface area (Å²) >= 11 is 0. The van der Waals surface area contributed by atoms with E-state index in [2.05, 4.69) is 5.10 Å². The van der Waals surface area contributed by atoms with Crippen LogP contribution in [0.4, 0.5) is 0 Å². The number of ether oxygens (including phenoxy) is 1. The minimum Gasteiger partial charge on any atom is -0.479 e. The van der Waals surface area contributed by atoms with E-state index in [-0.39, 0.29) is 11.7 Å². The molecular weight excluding hydrogens is 326 g/mol. The van der Waals surface area contributed by atoms with E-state index in [1.807, 2.05) is 6.92 Å². The van der Waals surface area contributed by atoms with Gasteiger partial charge in [0.25, 0.3) is 5.91 Å². The molecule has 0 unspecified atom stereocenters. The number of nitrogens with zero attached hydrogens (tertiary/aromatic N) is 3. The molecule has 0 bridgehead atoms. The quantitative estimate of drug-likeness (QED) is 0.883. The number of carboxylic acids is 1. The summed E-state index contributed by atoms with van der Waals surface area (Å²) in [4.78, 5) is 26.1. The van der Waals surface area contributed by atoms with Crippen molar-refractivity contribution >= 4 is 11.9 Å². The minimum absolute atomic E-state index is 0.238. The number of carbonyl (C=O) groups excluding carboxylic acids is 1. The Balaban J connectivity index is 1.73. The molecule has 0 aromatic carbocycles. The molecule has 3 heterocycles. The number of likely N-dealkylation sites (tertiary alicyclic amines) is 1. The van der Waals surface area contributed by atoms with E-state index >= 15 is 0 Å². The van der Waals surface area contributed by atoms with Gasteiger partial charge in [0.15, 0.2) is 11.3 Å². The second-order valence-corrected chi connectivity index (χ2v) is 6.29. The van der Waals surface area contributed by atoms with Crippen molar-refractivity contribution in [1.29, 1.82) is 0 Å². The molecule has 0 radical (unpaired) electrons. The third-order valence-corrected chi connectivity index (χ3v) is 4.59. The van der Waals surface area contributed by atoms with Gasteiger partial charge in [0.2, 0.25) is 0 Å². The first-order valence-corrected chi connectivity index (χ1v) is 8.08. The van der Waals surface area contributed by atoms with Crippen LogP contribution in [0.25, 0.3) is 0 Å². The average Bonchev–Trinajstić information content (AvgIpc) is 3.24. The Kier molecular flexibility index (Phi) is 4.63. The lowest BCUT2D eigenvalue weighted by atomic mass is 9.87. The number of carbonyl (C=O) groups is 2. The number of furan rings is 1. The molecule has 3 rings (SSSR count). The third-order valence-electron chi connectivity index (χ3n) is 4.59. The maximum atomic E-state index is 12.6. The smallest absolute Gasteiger partial charge is 0.331 e. The maximum absolute atomic E-state index is 12.6. The molecule has 25 heavy (non-hydrogen) atoms. The monoisotopic (exact) mass is 347 g/mol. The van der Waals surface area contributed by atoms with Crippen LogP contribution in [0.2, 0.25) is 0 Å². The van der Waals surface area contributed by atoms with E-state index in [1.54, 1.807) is 36.5 Å². The zero-order valence-corrected chi connectivity index (χ0v) is 14.3. The Labute approximate surface area is 145 Å². The van der Waals surface area contributed by atoms with Gasteiger partial charge in [-0.3, -0.25) is 9.48 Å². The van der Waals surface area contributed by atoms with Crippen molar-refractivity contribution in [1.82, 2.24) is 14.7 Å². The van der Waals surface area contributed by atoms with Crippen molar-refractivity contribution < 1.29 is 23.8 Å². The van der Waals surface area contributed by atoms with Crippen molar-refractivity contribution in [3.63, 3.8) is 0 Å². The molecule has 1 aliphatic heterocycles. The van der Waals surface area contributed by atoms with E-state index in [4.69, 9.17) is 9.15 Å². The lowest BCUT2D eigenvalue weighted by Gasteiger charge is -2.38. The molecule has 0 spiro atoms. The fourth-order valence-electron chi connectivity index (χ4n) is 3.14. The molecule has 1 amide bonds. The first-order valence-electron chi connectivity index (χ1n) is 8.08. The molecule has 1 saturated heterocycles. The van der Waals surface area contributed by atoms with Crippen molar-refractivity contribution in [2.45, 2.75) is 31.9 Å². The molecule has 1 aliphatic rings. The van der Waals surface area contributed by atoms with Crippen LogP contribution in [0.15, 0.2) is 28.9 Å². The van der Waals surface area contributed by atoms with Crippen LogP contribution in [0.3, 0.4) is 0 Å². The summed E-state index contributed by atoms with van der Waals surface area (Å²) < 4.78 is 12.0. The number of hydrogen-bond acceptors (Lipinski definition) is 5. The van der Waals surface area contributed by atoms with Crippen LogP contribution >= 0.6 is 0 Å². The normalized spacial score (nSPS) is 16.8. The van der Waals surface area contributed by atoms with Gasteiger partial charge < -0.3 is 19.2 Å². The highest BCUT2D eigenvalue weighted by atomic mass is 16.5. The summed E-state index contributed by atoms with van der Waals surface area (Å²) in [6.45, 7) is 2.81. The second kappa shape index (κ2) is 6.72. The van der Waals surface area contributed by atoms with E-state index in [0.717, 1.165) is 5.56 Å². The highest BCUT2D eigenvalue weighted by Gasteiger charge is 2.45. The van der Waals surface area contributed by atoms with E-state index in [9.17, 15) is 14.7 Å². The predicted octanol–water partition coefficient (Wildman–Crippen LogP) is 1.65. The summed E-state index contributed by atoms with van der Waals surface area (Å²) in [7, 11) is 1.55. The zero-order valence-electron chi connectivity index (χ0n) is 14.3. The molecule has 8 heteroatoms. The predicted molar refractivity (Wildman–Crippen MR) is 87.1 cm³/mol. The third kappa shape index (κ3) is 3.17. The SMILES string of the molecule is COCc1ccc(C(=O)N2CCC(C(=O)O)(n3cc(C)cn3)CC2)o1. The molecule has 1 N–H and O–H groups in total. The van der Waals surface area contributed by atoms with Crippen LogP contribution in [0.5, 0.6) is 0 Å². The van der Waals surface area contributed by atoms with Gasteiger partial charge in [0.1, 0.15) is 12.4 Å².